The molecule has 1 atom stereocenters. The van der Waals surface area contributed by atoms with Gasteiger partial charge in [-0.15, -0.1) is 0 Å². The van der Waals surface area contributed by atoms with Crippen LogP contribution in [0.4, 0.5) is 0 Å². The van der Waals surface area contributed by atoms with Crippen molar-refractivity contribution in [2.75, 3.05) is 0 Å². The maximum atomic E-state index is 10.2. The highest BCUT2D eigenvalue weighted by atomic mass is 32.2. The topological polar surface area (TPSA) is 135 Å². The second-order valence-corrected chi connectivity index (χ2v) is 3.50. The van der Waals surface area contributed by atoms with Crippen LogP contribution in [0.1, 0.15) is 6.42 Å². The molecular formula is C4H10O7S3. The van der Waals surface area contributed by atoms with Gasteiger partial charge in [-0.25, -0.2) is 0 Å². The van der Waals surface area contributed by atoms with Gasteiger partial charge in [0.25, 0.3) is 10.1 Å². The smallest absolute Gasteiger partial charge is 0.273 e. The summed E-state index contributed by atoms with van der Waals surface area (Å²) in [5.41, 5.74) is 0. The number of carbonyl (C=O) groups is 2. The number of carboxylic acids is 2. The van der Waals surface area contributed by atoms with Crippen molar-refractivity contribution in [3.63, 3.8) is 0 Å². The molecule has 7 nitrogen and oxygen atoms in total. The first-order valence-electron chi connectivity index (χ1n) is 2.62. The van der Waals surface area contributed by atoms with Crippen LogP contribution in [0.25, 0.3) is 0 Å². The molecule has 0 fully saturated rings. The van der Waals surface area contributed by atoms with Crippen molar-refractivity contribution in [3.05, 3.63) is 0 Å². The highest BCUT2D eigenvalue weighted by Crippen LogP contribution is 2.01. The van der Waals surface area contributed by atoms with Crippen LogP contribution < -0.4 is 10.2 Å². The molecule has 0 heterocycles. The number of hydrogen-bond acceptors (Lipinski definition) is 6. The molecule has 86 valence electrons. The molecule has 0 bridgehead atoms. The third kappa shape index (κ3) is 7.00. The average molecular weight is 266 g/mol. The molecule has 0 aromatic heterocycles. The van der Waals surface area contributed by atoms with Crippen LogP contribution in [0.15, 0.2) is 0 Å². The summed E-state index contributed by atoms with van der Waals surface area (Å²) in [6.07, 6.45) is -1.33. The van der Waals surface area contributed by atoms with Gasteiger partial charge in [0.15, 0.2) is 0 Å². The Morgan fingerprint density at radius 3 is 1.64 bits per heavy atom. The molecule has 0 aliphatic rings. The van der Waals surface area contributed by atoms with Crippen LogP contribution in [0.5, 0.6) is 0 Å². The lowest BCUT2D eigenvalue weighted by atomic mass is 10.3. The summed E-state index contributed by atoms with van der Waals surface area (Å²) >= 11 is 0. The van der Waals surface area contributed by atoms with E-state index in [4.69, 9.17) is 4.55 Å². The van der Waals surface area contributed by atoms with E-state index in [1.165, 1.54) is 0 Å². The van der Waals surface area contributed by atoms with E-state index in [0.717, 1.165) is 0 Å². The van der Waals surface area contributed by atoms with Crippen molar-refractivity contribution >= 4 is 49.0 Å². The van der Waals surface area contributed by atoms with Gasteiger partial charge in [-0.3, -0.25) is 4.55 Å². The van der Waals surface area contributed by atoms with Crippen molar-refractivity contribution in [3.8, 4) is 0 Å². The minimum atomic E-state index is -4.94. The van der Waals surface area contributed by atoms with Crippen LogP contribution in [-0.4, -0.2) is 30.2 Å². The molecule has 0 saturated carbocycles. The van der Waals surface area contributed by atoms with Gasteiger partial charge in [-0.05, 0) is 0 Å². The first-order chi connectivity index (χ1) is 5.25. The minimum absolute atomic E-state index is 0. The summed E-state index contributed by atoms with van der Waals surface area (Å²) in [4.78, 5) is 19.7. The third-order valence-electron chi connectivity index (χ3n) is 0.975. The van der Waals surface area contributed by atoms with Gasteiger partial charge in [0, 0.05) is 12.4 Å². The summed E-state index contributed by atoms with van der Waals surface area (Å²) in [7, 11) is -4.94. The number of aliphatic carboxylic acids is 2. The van der Waals surface area contributed by atoms with Crippen molar-refractivity contribution in [2.24, 2.45) is 0 Å². The number of rotatable bonds is 4. The monoisotopic (exact) mass is 266 g/mol. The zero-order chi connectivity index (χ0) is 9.94. The van der Waals surface area contributed by atoms with Crippen molar-refractivity contribution in [1.82, 2.24) is 0 Å². The Hall–Kier alpha value is -0.450. The Morgan fingerprint density at radius 2 is 1.57 bits per heavy atom. The minimum Gasteiger partial charge on any atom is -0.550 e. The van der Waals surface area contributed by atoms with Crippen LogP contribution >= 0.6 is 0 Å². The Kier molecular flexibility index (Phi) is 9.48. The van der Waals surface area contributed by atoms with E-state index in [2.05, 4.69) is 0 Å². The summed E-state index contributed by atoms with van der Waals surface area (Å²) < 4.78 is 28.5. The maximum absolute atomic E-state index is 10.2. The molecule has 0 rings (SSSR count). The molecule has 14 heavy (non-hydrogen) atoms. The SMILES string of the molecule is O=C([O-])CC(C(=O)[O-])S(=O)(=O)O.[SH3+].[SH3+]. The van der Waals surface area contributed by atoms with E-state index < -0.39 is 33.7 Å². The van der Waals surface area contributed by atoms with Crippen LogP contribution in [-0.2, 0) is 46.7 Å². The molecule has 1 N–H and O–H groups in total. The molecule has 10 heteroatoms. The van der Waals surface area contributed by atoms with Crippen LogP contribution in [0, 0.1) is 0 Å². The third-order valence-corrected chi connectivity index (χ3v) is 2.05. The molecule has 1 unspecified atom stereocenters. The summed E-state index contributed by atoms with van der Waals surface area (Å²) in [6.45, 7) is 0. The number of carboxylic acid groups (broad SMARTS) is 2. The molecule has 0 aromatic rings. The van der Waals surface area contributed by atoms with Gasteiger partial charge >= 0.3 is 0 Å². The Labute approximate surface area is 93.8 Å². The Morgan fingerprint density at radius 1 is 1.21 bits per heavy atom. The van der Waals surface area contributed by atoms with E-state index in [1.54, 1.807) is 0 Å². The second-order valence-electron chi connectivity index (χ2n) is 1.90. The quantitative estimate of drug-likeness (QED) is 0.396. The van der Waals surface area contributed by atoms with Gasteiger partial charge in [0.05, 0.1) is 5.97 Å². The molecule has 0 aliphatic heterocycles. The lowest BCUT2D eigenvalue weighted by Gasteiger charge is -2.14. The zero-order valence-corrected chi connectivity index (χ0v) is 9.87. The van der Waals surface area contributed by atoms with Crippen LogP contribution in [0.3, 0.4) is 0 Å². The highest BCUT2D eigenvalue weighted by Gasteiger charge is 2.24. The van der Waals surface area contributed by atoms with Crippen molar-refractivity contribution < 1.29 is 32.8 Å². The number of hydrogen-bond donors (Lipinski definition) is 1. The zero-order valence-electron chi connectivity index (χ0n) is 6.74. The molecule has 0 saturated heterocycles. The second kappa shape index (κ2) is 6.92. The number of carbonyl (C=O) groups excluding carboxylic acids is 2. The molecular weight excluding hydrogens is 256 g/mol. The predicted octanol–water partition coefficient (Wildman–Crippen LogP) is -5.48. The largest absolute Gasteiger partial charge is 0.550 e. The molecule has 0 spiro atoms. The lowest BCUT2D eigenvalue weighted by molar-refractivity contribution is -0.314. The van der Waals surface area contributed by atoms with E-state index >= 15 is 0 Å². The fourth-order valence-corrected chi connectivity index (χ4v) is 1.05. The fourth-order valence-electron chi connectivity index (χ4n) is 0.462. The molecule has 0 aromatic carbocycles. The normalized spacial score (nSPS) is 11.8. The van der Waals surface area contributed by atoms with E-state index in [0.29, 0.717) is 0 Å². The van der Waals surface area contributed by atoms with E-state index in [1.807, 2.05) is 0 Å². The van der Waals surface area contributed by atoms with Crippen LogP contribution in [0.2, 0.25) is 0 Å². The highest BCUT2D eigenvalue weighted by molar-refractivity contribution is 7.87. The first-order valence-corrected chi connectivity index (χ1v) is 4.12. The van der Waals surface area contributed by atoms with Gasteiger partial charge in [0.1, 0.15) is 5.25 Å². The Balaban J connectivity index is -0.000000605. The van der Waals surface area contributed by atoms with Gasteiger partial charge < -0.3 is 19.8 Å². The van der Waals surface area contributed by atoms with Gasteiger partial charge in [-0.2, -0.15) is 8.42 Å². The predicted molar refractivity (Wildman–Crippen MR) is 53.1 cm³/mol. The lowest BCUT2D eigenvalue weighted by Crippen LogP contribution is -2.44. The first kappa shape index (κ1) is 19.2. The average Bonchev–Trinajstić information content (AvgIpc) is 1.79. The van der Waals surface area contributed by atoms with E-state index in [-0.39, 0.29) is 27.0 Å². The van der Waals surface area contributed by atoms with E-state index in [9.17, 15) is 28.2 Å². The Bertz CT molecular complexity index is 294. The molecule has 0 aliphatic carbocycles. The standard InChI is InChI=1S/C4H6O7S.2H2S/c5-3(6)1-2(4(7)8)12(9,10)11;;/h2H,1H2,(H,5,6)(H,7,8)(H,9,10,11);2*1H2. The summed E-state index contributed by atoms with van der Waals surface area (Å²) in [6, 6.07) is 0. The van der Waals surface area contributed by atoms with Crippen molar-refractivity contribution in [2.45, 2.75) is 11.7 Å². The molecule has 0 amide bonds. The van der Waals surface area contributed by atoms with Gasteiger partial charge in [-0.1, -0.05) is 27.0 Å². The van der Waals surface area contributed by atoms with Gasteiger partial charge in [0.2, 0.25) is 0 Å². The van der Waals surface area contributed by atoms with Crippen molar-refractivity contribution in [1.29, 1.82) is 0 Å². The molecule has 0 radical (unpaired) electrons. The fraction of sp³-hybridized carbons (Fsp3) is 0.500. The summed E-state index contributed by atoms with van der Waals surface area (Å²) in [5, 5.41) is 17.3. The maximum Gasteiger partial charge on any atom is 0.273 e. The summed E-state index contributed by atoms with van der Waals surface area (Å²) in [5.74, 6) is -4.08.